The molecule has 0 N–H and O–H groups in total. The second kappa shape index (κ2) is 5.31. The summed E-state index contributed by atoms with van der Waals surface area (Å²) in [6, 6.07) is 26.0. The van der Waals surface area contributed by atoms with Gasteiger partial charge in [0.05, 0.1) is 0 Å². The average Bonchev–Trinajstić information content (AvgIpc) is 2.46. The molecular formula is C18H12Ba. The average molecular weight is 366 g/mol. The van der Waals surface area contributed by atoms with Gasteiger partial charge in [-0.15, -0.1) is 0 Å². The molecule has 19 heavy (non-hydrogen) atoms. The van der Waals surface area contributed by atoms with Crippen molar-refractivity contribution in [2.24, 2.45) is 0 Å². The van der Waals surface area contributed by atoms with Crippen molar-refractivity contribution in [3.63, 3.8) is 0 Å². The molecule has 1 heteroatoms. The van der Waals surface area contributed by atoms with E-state index in [2.05, 4.69) is 72.8 Å². The van der Waals surface area contributed by atoms with Gasteiger partial charge in [0, 0.05) is 48.9 Å². The standard InChI is InChI=1S/C18H12.Ba/c1-3-7-15-13(5-1)9-11-18-16-8-4-2-6-14(16)10-12-17(15)18;/h1-12H;. The molecule has 2 radical (unpaired) electrons. The first-order chi connectivity index (χ1) is 8.93. The van der Waals surface area contributed by atoms with Crippen LogP contribution in [0.15, 0.2) is 72.8 Å². The zero-order chi connectivity index (χ0) is 11.9. The Balaban J connectivity index is 0.00000110. The van der Waals surface area contributed by atoms with Crippen molar-refractivity contribution in [2.45, 2.75) is 0 Å². The SMILES string of the molecule is [Ba].c1ccc2c(c1)ccc1c3ccccc3ccc21. The molecule has 4 rings (SSSR count). The Morgan fingerprint density at radius 1 is 0.368 bits per heavy atom. The van der Waals surface area contributed by atoms with Crippen LogP contribution in [0.25, 0.3) is 32.3 Å². The van der Waals surface area contributed by atoms with Gasteiger partial charge in [-0.05, 0) is 32.3 Å². The Hall–Kier alpha value is -0.769. The third-order valence-electron chi connectivity index (χ3n) is 3.65. The number of benzene rings is 4. The Labute approximate surface area is 152 Å². The van der Waals surface area contributed by atoms with Crippen LogP contribution in [0.3, 0.4) is 0 Å². The quantitative estimate of drug-likeness (QED) is 0.311. The van der Waals surface area contributed by atoms with E-state index in [1.54, 1.807) is 0 Å². The summed E-state index contributed by atoms with van der Waals surface area (Å²) in [5, 5.41) is 7.96. The van der Waals surface area contributed by atoms with Gasteiger partial charge < -0.3 is 0 Å². The van der Waals surface area contributed by atoms with E-state index in [4.69, 9.17) is 0 Å². The summed E-state index contributed by atoms with van der Waals surface area (Å²) in [5.74, 6) is 0. The maximum absolute atomic E-state index is 2.24. The maximum Gasteiger partial charge on any atom is 0 e. The molecule has 4 aromatic carbocycles. The second-order valence-electron chi connectivity index (χ2n) is 4.67. The summed E-state index contributed by atoms with van der Waals surface area (Å²) in [6.45, 7) is 0. The van der Waals surface area contributed by atoms with Gasteiger partial charge in [-0.2, -0.15) is 0 Å². The monoisotopic (exact) mass is 366 g/mol. The number of hydrogen-bond acceptors (Lipinski definition) is 0. The molecule has 0 bridgehead atoms. The van der Waals surface area contributed by atoms with Crippen LogP contribution in [0.1, 0.15) is 0 Å². The van der Waals surface area contributed by atoms with Crippen molar-refractivity contribution in [3.05, 3.63) is 72.8 Å². The Morgan fingerprint density at radius 2 is 0.789 bits per heavy atom. The topological polar surface area (TPSA) is 0 Å². The van der Waals surface area contributed by atoms with E-state index < -0.39 is 0 Å². The minimum Gasteiger partial charge on any atom is -0.0616 e. The number of hydrogen-bond donors (Lipinski definition) is 0. The summed E-state index contributed by atoms with van der Waals surface area (Å²) in [5.41, 5.74) is 0. The molecule has 86 valence electrons. The fourth-order valence-electron chi connectivity index (χ4n) is 2.77. The van der Waals surface area contributed by atoms with Crippen molar-refractivity contribution in [3.8, 4) is 0 Å². The van der Waals surface area contributed by atoms with E-state index in [-0.39, 0.29) is 48.9 Å². The van der Waals surface area contributed by atoms with Gasteiger partial charge in [-0.1, -0.05) is 72.8 Å². The predicted octanol–water partition coefficient (Wildman–Crippen LogP) is 4.77. The third-order valence-corrected chi connectivity index (χ3v) is 3.65. The van der Waals surface area contributed by atoms with Gasteiger partial charge in [0.25, 0.3) is 0 Å². The molecule has 0 aromatic heterocycles. The van der Waals surface area contributed by atoms with Crippen LogP contribution in [0, 0.1) is 0 Å². The van der Waals surface area contributed by atoms with Crippen LogP contribution >= 0.6 is 0 Å². The van der Waals surface area contributed by atoms with Crippen LogP contribution in [0.2, 0.25) is 0 Å². The molecular weight excluding hydrogens is 354 g/mol. The zero-order valence-electron chi connectivity index (χ0n) is 10.6. The number of rotatable bonds is 0. The largest absolute Gasteiger partial charge is 0.0616 e. The molecule has 0 fully saturated rings. The maximum atomic E-state index is 2.24. The van der Waals surface area contributed by atoms with Crippen LogP contribution in [0.5, 0.6) is 0 Å². The van der Waals surface area contributed by atoms with Gasteiger partial charge in [0.2, 0.25) is 0 Å². The van der Waals surface area contributed by atoms with Gasteiger partial charge >= 0.3 is 0 Å². The molecule has 0 atom stereocenters. The van der Waals surface area contributed by atoms with E-state index in [0.29, 0.717) is 0 Å². The predicted molar refractivity (Wildman–Crippen MR) is 84.7 cm³/mol. The van der Waals surface area contributed by atoms with Gasteiger partial charge in [0.1, 0.15) is 0 Å². The molecule has 0 saturated carbocycles. The van der Waals surface area contributed by atoms with E-state index in [0.717, 1.165) is 0 Å². The van der Waals surface area contributed by atoms with Crippen LogP contribution < -0.4 is 0 Å². The smallest absolute Gasteiger partial charge is 0 e. The summed E-state index contributed by atoms with van der Waals surface area (Å²) in [7, 11) is 0. The second-order valence-corrected chi connectivity index (χ2v) is 4.67. The Kier molecular flexibility index (Phi) is 3.70. The summed E-state index contributed by atoms with van der Waals surface area (Å²) in [4.78, 5) is 0. The molecule has 0 saturated heterocycles. The normalized spacial score (nSPS) is 10.7. The van der Waals surface area contributed by atoms with E-state index in [1.165, 1.54) is 32.3 Å². The molecule has 0 amide bonds. The summed E-state index contributed by atoms with van der Waals surface area (Å²) < 4.78 is 0. The van der Waals surface area contributed by atoms with Crippen molar-refractivity contribution in [1.82, 2.24) is 0 Å². The first-order valence-electron chi connectivity index (χ1n) is 6.23. The van der Waals surface area contributed by atoms with Crippen LogP contribution in [-0.2, 0) is 0 Å². The first-order valence-corrected chi connectivity index (χ1v) is 6.23. The molecule has 4 aromatic rings. The Morgan fingerprint density at radius 3 is 1.26 bits per heavy atom. The minimum absolute atomic E-state index is 0. The molecule has 0 heterocycles. The van der Waals surface area contributed by atoms with E-state index in [9.17, 15) is 0 Å². The molecule has 0 aliphatic rings. The fraction of sp³-hybridized carbons (Fsp3) is 0. The molecule has 0 aliphatic carbocycles. The number of fused-ring (bicyclic) bond motifs is 5. The summed E-state index contributed by atoms with van der Waals surface area (Å²) in [6.07, 6.45) is 0. The molecule has 0 nitrogen and oxygen atoms in total. The Bertz CT molecular complexity index is 803. The molecule has 0 aliphatic heterocycles. The summed E-state index contributed by atoms with van der Waals surface area (Å²) >= 11 is 0. The van der Waals surface area contributed by atoms with Gasteiger partial charge in [-0.3, -0.25) is 0 Å². The van der Waals surface area contributed by atoms with E-state index >= 15 is 0 Å². The van der Waals surface area contributed by atoms with Crippen molar-refractivity contribution in [2.75, 3.05) is 0 Å². The van der Waals surface area contributed by atoms with Crippen molar-refractivity contribution >= 4 is 81.2 Å². The van der Waals surface area contributed by atoms with Crippen LogP contribution in [-0.4, -0.2) is 48.9 Å². The van der Waals surface area contributed by atoms with Gasteiger partial charge in [-0.25, -0.2) is 0 Å². The van der Waals surface area contributed by atoms with Crippen molar-refractivity contribution in [1.29, 1.82) is 0 Å². The van der Waals surface area contributed by atoms with Gasteiger partial charge in [0.15, 0.2) is 0 Å². The van der Waals surface area contributed by atoms with Crippen LogP contribution in [0.4, 0.5) is 0 Å². The van der Waals surface area contributed by atoms with E-state index in [1.807, 2.05) is 0 Å². The molecule has 0 unspecified atom stereocenters. The zero-order valence-corrected chi connectivity index (χ0v) is 15.1. The fourth-order valence-corrected chi connectivity index (χ4v) is 2.77. The third kappa shape index (κ3) is 2.14. The van der Waals surface area contributed by atoms with Crippen molar-refractivity contribution < 1.29 is 0 Å². The minimum atomic E-state index is 0. The first kappa shape index (κ1) is 13.2. The molecule has 0 spiro atoms.